The lowest BCUT2D eigenvalue weighted by molar-refractivity contribution is -0.140. The Morgan fingerprint density at radius 3 is 2.33 bits per heavy atom. The molecule has 0 aromatic heterocycles. The fraction of sp³-hybridized carbons (Fsp3) is 0.636. The number of carbonyl (C=O) groups excluding carboxylic acids is 2. The largest absolute Gasteiger partial charge is 0.378 e. The van der Waals surface area contributed by atoms with Crippen molar-refractivity contribution in [2.75, 3.05) is 62.7 Å². The molecule has 0 radical (unpaired) electrons. The van der Waals surface area contributed by atoms with E-state index in [0.717, 1.165) is 24.5 Å². The molecule has 3 fully saturated rings. The second kappa shape index (κ2) is 9.88. The smallest absolute Gasteiger partial charge is 0.321 e. The number of likely N-dealkylation sites (tertiary alicyclic amines) is 1. The molecule has 7 nitrogen and oxygen atoms in total. The summed E-state index contributed by atoms with van der Waals surface area (Å²) in [6, 6.07) is 5.59. The first-order valence-corrected chi connectivity index (χ1v) is 11.5. The van der Waals surface area contributed by atoms with E-state index in [9.17, 15) is 9.59 Å². The first-order chi connectivity index (χ1) is 14.6. The normalized spacial score (nSPS) is 20.9. The fourth-order valence-corrected chi connectivity index (χ4v) is 4.76. The van der Waals surface area contributed by atoms with Crippen LogP contribution >= 0.6 is 11.6 Å². The van der Waals surface area contributed by atoms with Crippen LogP contribution in [0.2, 0.25) is 5.02 Å². The highest BCUT2D eigenvalue weighted by atomic mass is 35.5. The van der Waals surface area contributed by atoms with E-state index in [1.807, 2.05) is 28.0 Å². The highest BCUT2D eigenvalue weighted by Gasteiger charge is 2.31. The average Bonchev–Trinajstić information content (AvgIpc) is 2.80. The molecule has 164 valence electrons. The van der Waals surface area contributed by atoms with Crippen molar-refractivity contribution in [3.05, 3.63) is 23.2 Å². The second-order valence-corrected chi connectivity index (χ2v) is 8.77. The zero-order valence-corrected chi connectivity index (χ0v) is 18.2. The van der Waals surface area contributed by atoms with Gasteiger partial charge in [-0.1, -0.05) is 11.6 Å². The Labute approximate surface area is 183 Å². The molecule has 3 heterocycles. The Kier molecular flexibility index (Phi) is 7.00. The SMILES string of the molecule is O=C(Nc1cc(Cl)ccc1N1CCCCC1)N1CCC(C(=O)N2CCOCC2)CC1. The Morgan fingerprint density at radius 1 is 0.933 bits per heavy atom. The standard InChI is InChI=1S/C22H31ClN4O3/c23-18-4-5-20(25-8-2-1-3-9-25)19(16-18)24-22(29)27-10-6-17(7-11-27)21(28)26-12-14-30-15-13-26/h4-5,16-17H,1-3,6-15H2,(H,24,29). The van der Waals surface area contributed by atoms with Crippen molar-refractivity contribution in [3.8, 4) is 0 Å². The van der Waals surface area contributed by atoms with Crippen molar-refractivity contribution >= 4 is 34.9 Å². The van der Waals surface area contributed by atoms with E-state index in [-0.39, 0.29) is 17.9 Å². The van der Waals surface area contributed by atoms with Gasteiger partial charge >= 0.3 is 6.03 Å². The van der Waals surface area contributed by atoms with Gasteiger partial charge in [0.05, 0.1) is 24.6 Å². The van der Waals surface area contributed by atoms with Crippen molar-refractivity contribution < 1.29 is 14.3 Å². The Balaban J connectivity index is 1.35. The van der Waals surface area contributed by atoms with Crippen LogP contribution in [0.4, 0.5) is 16.2 Å². The topological polar surface area (TPSA) is 65.1 Å². The van der Waals surface area contributed by atoms with E-state index >= 15 is 0 Å². The molecule has 1 aromatic rings. The molecule has 1 aromatic carbocycles. The van der Waals surface area contributed by atoms with E-state index in [4.69, 9.17) is 16.3 Å². The van der Waals surface area contributed by atoms with Gasteiger partial charge in [-0.25, -0.2) is 4.79 Å². The number of piperidine rings is 2. The molecule has 1 N–H and O–H groups in total. The van der Waals surface area contributed by atoms with E-state index in [1.54, 1.807) is 0 Å². The van der Waals surface area contributed by atoms with Crippen molar-refractivity contribution in [1.82, 2.24) is 9.80 Å². The number of urea groups is 1. The average molecular weight is 435 g/mol. The Bertz CT molecular complexity index is 755. The maximum atomic E-state index is 12.9. The number of nitrogens with zero attached hydrogens (tertiary/aromatic N) is 3. The van der Waals surface area contributed by atoms with Gasteiger partial charge in [-0.3, -0.25) is 4.79 Å². The summed E-state index contributed by atoms with van der Waals surface area (Å²) in [6.45, 7) is 5.76. The van der Waals surface area contributed by atoms with Crippen LogP contribution < -0.4 is 10.2 Å². The molecule has 0 atom stereocenters. The Hall–Kier alpha value is -1.99. The summed E-state index contributed by atoms with van der Waals surface area (Å²) in [5, 5.41) is 3.69. The molecule has 4 rings (SSSR count). The molecule has 8 heteroatoms. The summed E-state index contributed by atoms with van der Waals surface area (Å²) in [7, 11) is 0. The number of benzene rings is 1. The molecule has 3 aliphatic rings. The maximum absolute atomic E-state index is 12.9. The number of hydrogen-bond donors (Lipinski definition) is 1. The number of rotatable bonds is 3. The predicted octanol–water partition coefficient (Wildman–Crippen LogP) is 3.43. The predicted molar refractivity (Wildman–Crippen MR) is 118 cm³/mol. The van der Waals surface area contributed by atoms with Crippen LogP contribution in [-0.2, 0) is 9.53 Å². The fourth-order valence-electron chi connectivity index (χ4n) is 4.58. The van der Waals surface area contributed by atoms with Crippen LogP contribution in [0.1, 0.15) is 32.1 Å². The zero-order chi connectivity index (χ0) is 20.9. The van der Waals surface area contributed by atoms with Gasteiger partial charge in [0, 0.05) is 50.2 Å². The van der Waals surface area contributed by atoms with Gasteiger partial charge in [0.2, 0.25) is 5.91 Å². The van der Waals surface area contributed by atoms with Gasteiger partial charge in [0.25, 0.3) is 0 Å². The summed E-state index contributed by atoms with van der Waals surface area (Å²) in [5.41, 5.74) is 1.80. The number of halogens is 1. The zero-order valence-electron chi connectivity index (χ0n) is 17.4. The van der Waals surface area contributed by atoms with E-state index in [2.05, 4.69) is 10.2 Å². The minimum atomic E-state index is -0.118. The number of amides is 3. The molecular weight excluding hydrogens is 404 g/mol. The lowest BCUT2D eigenvalue weighted by Crippen LogP contribution is -2.48. The maximum Gasteiger partial charge on any atom is 0.321 e. The summed E-state index contributed by atoms with van der Waals surface area (Å²) in [5.74, 6) is 0.211. The minimum absolute atomic E-state index is 0.00207. The number of morpholine rings is 1. The third kappa shape index (κ3) is 5.01. The first kappa shape index (κ1) is 21.2. The van der Waals surface area contributed by atoms with Crippen LogP contribution in [-0.4, -0.2) is 74.2 Å². The van der Waals surface area contributed by atoms with E-state index in [1.165, 1.54) is 19.3 Å². The first-order valence-electron chi connectivity index (χ1n) is 11.1. The molecule has 3 amide bonds. The number of anilines is 2. The molecule has 0 bridgehead atoms. The molecular formula is C22H31ClN4O3. The van der Waals surface area contributed by atoms with Crippen LogP contribution in [0.5, 0.6) is 0 Å². The van der Waals surface area contributed by atoms with Crippen molar-refractivity contribution in [1.29, 1.82) is 0 Å². The quantitative estimate of drug-likeness (QED) is 0.791. The van der Waals surface area contributed by atoms with Gasteiger partial charge in [-0.15, -0.1) is 0 Å². The molecule has 30 heavy (non-hydrogen) atoms. The van der Waals surface area contributed by atoms with Crippen molar-refractivity contribution in [2.24, 2.45) is 5.92 Å². The minimum Gasteiger partial charge on any atom is -0.378 e. The molecule has 0 aliphatic carbocycles. The third-order valence-corrected chi connectivity index (χ3v) is 6.59. The van der Waals surface area contributed by atoms with E-state index in [0.29, 0.717) is 57.3 Å². The van der Waals surface area contributed by atoms with Crippen LogP contribution in [0.3, 0.4) is 0 Å². The summed E-state index contributed by atoms with van der Waals surface area (Å²) >= 11 is 6.22. The third-order valence-electron chi connectivity index (χ3n) is 6.35. The number of carbonyl (C=O) groups is 2. The molecule has 0 unspecified atom stereocenters. The number of nitrogens with one attached hydrogen (secondary N) is 1. The highest BCUT2D eigenvalue weighted by Crippen LogP contribution is 2.32. The molecule has 3 saturated heterocycles. The summed E-state index contributed by atoms with van der Waals surface area (Å²) in [4.78, 5) is 31.7. The molecule has 0 spiro atoms. The number of ether oxygens (including phenoxy) is 1. The Morgan fingerprint density at radius 2 is 1.63 bits per heavy atom. The van der Waals surface area contributed by atoms with Gasteiger partial charge in [-0.2, -0.15) is 0 Å². The van der Waals surface area contributed by atoms with Gasteiger partial charge in [0.1, 0.15) is 0 Å². The lowest BCUT2D eigenvalue weighted by Gasteiger charge is -2.36. The second-order valence-electron chi connectivity index (χ2n) is 8.34. The number of hydrogen-bond acceptors (Lipinski definition) is 4. The van der Waals surface area contributed by atoms with Crippen molar-refractivity contribution in [3.63, 3.8) is 0 Å². The highest BCUT2D eigenvalue weighted by molar-refractivity contribution is 6.31. The summed E-state index contributed by atoms with van der Waals surface area (Å²) in [6.07, 6.45) is 5.00. The van der Waals surface area contributed by atoms with Crippen LogP contribution in [0.15, 0.2) is 18.2 Å². The van der Waals surface area contributed by atoms with Gasteiger partial charge in [-0.05, 0) is 50.3 Å². The molecule has 0 saturated carbocycles. The van der Waals surface area contributed by atoms with Crippen LogP contribution in [0, 0.1) is 5.92 Å². The molecule has 3 aliphatic heterocycles. The monoisotopic (exact) mass is 434 g/mol. The van der Waals surface area contributed by atoms with Gasteiger partial charge < -0.3 is 24.8 Å². The summed E-state index contributed by atoms with van der Waals surface area (Å²) < 4.78 is 5.34. The van der Waals surface area contributed by atoms with E-state index < -0.39 is 0 Å². The van der Waals surface area contributed by atoms with Gasteiger partial charge in [0.15, 0.2) is 0 Å². The van der Waals surface area contributed by atoms with Crippen molar-refractivity contribution in [2.45, 2.75) is 32.1 Å². The van der Waals surface area contributed by atoms with Crippen LogP contribution in [0.25, 0.3) is 0 Å². The lowest BCUT2D eigenvalue weighted by atomic mass is 9.95.